The zero-order valence-electron chi connectivity index (χ0n) is 9.17. The SMILES string of the molecule is O[C@H]1CCO[C@@H](c2cnc(C3CC3)nc2)C1. The van der Waals surface area contributed by atoms with Crippen molar-refractivity contribution in [2.24, 2.45) is 0 Å². The Hall–Kier alpha value is -1.00. The summed E-state index contributed by atoms with van der Waals surface area (Å²) in [5, 5.41) is 9.57. The molecule has 0 aromatic carbocycles. The van der Waals surface area contributed by atoms with Gasteiger partial charge in [0, 0.05) is 36.9 Å². The summed E-state index contributed by atoms with van der Waals surface area (Å²) in [5.74, 6) is 1.55. The summed E-state index contributed by atoms with van der Waals surface area (Å²) in [7, 11) is 0. The van der Waals surface area contributed by atoms with Crippen molar-refractivity contribution >= 4 is 0 Å². The molecule has 0 radical (unpaired) electrons. The van der Waals surface area contributed by atoms with E-state index in [4.69, 9.17) is 4.74 Å². The molecule has 1 aliphatic carbocycles. The summed E-state index contributed by atoms with van der Waals surface area (Å²) in [4.78, 5) is 8.74. The molecule has 0 spiro atoms. The maximum atomic E-state index is 9.57. The highest BCUT2D eigenvalue weighted by Gasteiger charge is 2.27. The summed E-state index contributed by atoms with van der Waals surface area (Å²) >= 11 is 0. The van der Waals surface area contributed by atoms with Crippen molar-refractivity contribution in [2.75, 3.05) is 6.61 Å². The molecule has 1 N–H and O–H groups in total. The van der Waals surface area contributed by atoms with Crippen LogP contribution in [0.2, 0.25) is 0 Å². The molecule has 16 heavy (non-hydrogen) atoms. The second kappa shape index (κ2) is 4.11. The van der Waals surface area contributed by atoms with Gasteiger partial charge in [-0.25, -0.2) is 9.97 Å². The quantitative estimate of drug-likeness (QED) is 0.822. The Morgan fingerprint density at radius 1 is 1.19 bits per heavy atom. The molecule has 0 bridgehead atoms. The normalized spacial score (nSPS) is 30.3. The lowest BCUT2D eigenvalue weighted by Gasteiger charge is -2.26. The molecule has 2 fully saturated rings. The van der Waals surface area contributed by atoms with Crippen LogP contribution in [0.5, 0.6) is 0 Å². The van der Waals surface area contributed by atoms with Crippen molar-refractivity contribution in [3.05, 3.63) is 23.8 Å². The smallest absolute Gasteiger partial charge is 0.131 e. The Balaban J connectivity index is 1.72. The van der Waals surface area contributed by atoms with Gasteiger partial charge >= 0.3 is 0 Å². The van der Waals surface area contributed by atoms with Crippen molar-refractivity contribution < 1.29 is 9.84 Å². The number of aromatic nitrogens is 2. The number of ether oxygens (including phenoxy) is 1. The van der Waals surface area contributed by atoms with E-state index in [1.807, 2.05) is 12.4 Å². The lowest BCUT2D eigenvalue weighted by Crippen LogP contribution is -2.23. The van der Waals surface area contributed by atoms with Crippen LogP contribution in [0.3, 0.4) is 0 Å². The number of rotatable bonds is 2. The lowest BCUT2D eigenvalue weighted by molar-refractivity contribution is -0.0450. The van der Waals surface area contributed by atoms with E-state index < -0.39 is 0 Å². The monoisotopic (exact) mass is 220 g/mol. The van der Waals surface area contributed by atoms with E-state index in [1.54, 1.807) is 0 Å². The molecule has 1 aromatic rings. The molecular formula is C12H16N2O2. The first-order valence-electron chi connectivity index (χ1n) is 5.94. The molecule has 1 aromatic heterocycles. The van der Waals surface area contributed by atoms with Gasteiger partial charge in [-0.05, 0) is 19.3 Å². The predicted octanol–water partition coefficient (Wildman–Crippen LogP) is 1.57. The first kappa shape index (κ1) is 10.2. The summed E-state index contributed by atoms with van der Waals surface area (Å²) in [6, 6.07) is 0. The molecule has 2 aliphatic rings. The topological polar surface area (TPSA) is 55.2 Å². The molecule has 4 heteroatoms. The van der Waals surface area contributed by atoms with E-state index in [-0.39, 0.29) is 12.2 Å². The van der Waals surface area contributed by atoms with Crippen LogP contribution >= 0.6 is 0 Å². The van der Waals surface area contributed by atoms with Crippen molar-refractivity contribution in [1.82, 2.24) is 9.97 Å². The number of aliphatic hydroxyl groups excluding tert-OH is 1. The summed E-state index contributed by atoms with van der Waals surface area (Å²) in [5.41, 5.74) is 0.989. The zero-order chi connectivity index (χ0) is 11.0. The highest BCUT2D eigenvalue weighted by atomic mass is 16.5. The fourth-order valence-electron chi connectivity index (χ4n) is 2.08. The van der Waals surface area contributed by atoms with Crippen LogP contribution in [0.15, 0.2) is 12.4 Å². The fourth-order valence-corrected chi connectivity index (χ4v) is 2.08. The Kier molecular flexibility index (Phi) is 2.61. The molecule has 2 heterocycles. The van der Waals surface area contributed by atoms with E-state index in [0.29, 0.717) is 18.9 Å². The number of aliphatic hydroxyl groups is 1. The van der Waals surface area contributed by atoms with Crippen LogP contribution in [0.1, 0.15) is 49.1 Å². The molecule has 1 aliphatic heterocycles. The molecular weight excluding hydrogens is 204 g/mol. The Labute approximate surface area is 94.7 Å². The third-order valence-corrected chi connectivity index (χ3v) is 3.26. The van der Waals surface area contributed by atoms with Gasteiger partial charge < -0.3 is 9.84 Å². The number of hydrogen-bond donors (Lipinski definition) is 1. The molecule has 4 nitrogen and oxygen atoms in total. The highest BCUT2D eigenvalue weighted by Crippen LogP contribution is 2.38. The van der Waals surface area contributed by atoms with Crippen LogP contribution in [-0.4, -0.2) is 27.8 Å². The summed E-state index contributed by atoms with van der Waals surface area (Å²) in [6.07, 6.45) is 7.26. The average molecular weight is 220 g/mol. The predicted molar refractivity (Wildman–Crippen MR) is 57.9 cm³/mol. The standard InChI is InChI=1S/C12H16N2O2/c15-10-3-4-16-11(5-10)9-6-13-12(14-7-9)8-1-2-8/h6-8,10-11,15H,1-5H2/t10-,11+/m0/s1. The van der Waals surface area contributed by atoms with E-state index in [1.165, 1.54) is 12.8 Å². The van der Waals surface area contributed by atoms with Crippen LogP contribution < -0.4 is 0 Å². The second-order valence-electron chi connectivity index (χ2n) is 4.69. The Bertz CT molecular complexity index is 362. The van der Waals surface area contributed by atoms with Crippen molar-refractivity contribution in [1.29, 1.82) is 0 Å². The summed E-state index contributed by atoms with van der Waals surface area (Å²) < 4.78 is 5.61. The number of nitrogens with zero attached hydrogens (tertiary/aromatic N) is 2. The zero-order valence-corrected chi connectivity index (χ0v) is 9.17. The second-order valence-corrected chi connectivity index (χ2v) is 4.69. The molecule has 0 amide bonds. The Morgan fingerprint density at radius 2 is 1.94 bits per heavy atom. The van der Waals surface area contributed by atoms with E-state index in [2.05, 4.69) is 9.97 Å². The molecule has 3 rings (SSSR count). The summed E-state index contributed by atoms with van der Waals surface area (Å²) in [6.45, 7) is 0.621. The van der Waals surface area contributed by atoms with Crippen LogP contribution in [-0.2, 0) is 4.74 Å². The molecule has 2 atom stereocenters. The van der Waals surface area contributed by atoms with Crippen molar-refractivity contribution in [2.45, 2.75) is 43.8 Å². The van der Waals surface area contributed by atoms with Gasteiger partial charge in [-0.2, -0.15) is 0 Å². The molecule has 86 valence electrons. The van der Waals surface area contributed by atoms with Gasteiger partial charge in [0.05, 0.1) is 12.2 Å². The van der Waals surface area contributed by atoms with Gasteiger partial charge in [-0.3, -0.25) is 0 Å². The molecule has 0 unspecified atom stereocenters. The van der Waals surface area contributed by atoms with Crippen molar-refractivity contribution in [3.8, 4) is 0 Å². The van der Waals surface area contributed by atoms with E-state index in [0.717, 1.165) is 17.8 Å². The minimum absolute atomic E-state index is 0.0306. The lowest BCUT2D eigenvalue weighted by atomic mass is 10.0. The first-order valence-corrected chi connectivity index (χ1v) is 5.94. The average Bonchev–Trinajstić information content (AvgIpc) is 3.13. The minimum atomic E-state index is -0.248. The Morgan fingerprint density at radius 3 is 2.56 bits per heavy atom. The maximum absolute atomic E-state index is 9.57. The molecule has 1 saturated heterocycles. The fraction of sp³-hybridized carbons (Fsp3) is 0.667. The van der Waals surface area contributed by atoms with Gasteiger partial charge in [0.2, 0.25) is 0 Å². The van der Waals surface area contributed by atoms with Crippen LogP contribution in [0, 0.1) is 0 Å². The van der Waals surface area contributed by atoms with Gasteiger partial charge in [0.25, 0.3) is 0 Å². The van der Waals surface area contributed by atoms with Crippen molar-refractivity contribution in [3.63, 3.8) is 0 Å². The van der Waals surface area contributed by atoms with Gasteiger partial charge in [-0.1, -0.05) is 0 Å². The third kappa shape index (κ3) is 2.08. The maximum Gasteiger partial charge on any atom is 0.131 e. The van der Waals surface area contributed by atoms with Crippen LogP contribution in [0.4, 0.5) is 0 Å². The van der Waals surface area contributed by atoms with Crippen LogP contribution in [0.25, 0.3) is 0 Å². The molecule has 1 saturated carbocycles. The first-order chi connectivity index (χ1) is 7.83. The van der Waals surface area contributed by atoms with Gasteiger partial charge in [-0.15, -0.1) is 0 Å². The number of hydrogen-bond acceptors (Lipinski definition) is 4. The van der Waals surface area contributed by atoms with Gasteiger partial charge in [0.15, 0.2) is 0 Å². The highest BCUT2D eigenvalue weighted by molar-refractivity contribution is 5.13. The largest absolute Gasteiger partial charge is 0.393 e. The van der Waals surface area contributed by atoms with E-state index >= 15 is 0 Å². The third-order valence-electron chi connectivity index (χ3n) is 3.26. The van der Waals surface area contributed by atoms with E-state index in [9.17, 15) is 5.11 Å². The minimum Gasteiger partial charge on any atom is -0.393 e. The van der Waals surface area contributed by atoms with Gasteiger partial charge in [0.1, 0.15) is 5.82 Å².